The molecular formula is C7H14N4. The summed E-state index contributed by atoms with van der Waals surface area (Å²) < 4.78 is 0. The number of rotatable bonds is 2. The first-order valence-electron chi connectivity index (χ1n) is 3.35. The van der Waals surface area contributed by atoms with Gasteiger partial charge in [-0.2, -0.15) is 10.5 Å². The molecule has 0 saturated carbocycles. The lowest BCUT2D eigenvalue weighted by Gasteiger charge is -1.82. The van der Waals surface area contributed by atoms with E-state index in [4.69, 9.17) is 16.3 Å². The molecule has 0 bridgehead atoms. The predicted molar refractivity (Wildman–Crippen MR) is 43.4 cm³/mol. The number of nitrogens with zero attached hydrogens (tertiary/aromatic N) is 2. The third-order valence-electron chi connectivity index (χ3n) is 0.690. The van der Waals surface area contributed by atoms with Crippen LogP contribution in [-0.2, 0) is 0 Å². The lowest BCUT2D eigenvalue weighted by Crippen LogP contribution is -2.09. The molecule has 4 nitrogen and oxygen atoms in total. The highest BCUT2D eigenvalue weighted by Gasteiger charge is 1.78. The summed E-state index contributed by atoms with van der Waals surface area (Å²) in [6, 6.07) is 3.50. The number of hydrogen-bond acceptors (Lipinski definition) is 4. The molecule has 0 rings (SSSR count). The van der Waals surface area contributed by atoms with E-state index in [-0.39, 0.29) is 6.04 Å². The second-order valence-electron chi connectivity index (χ2n) is 1.93. The van der Waals surface area contributed by atoms with Crippen LogP contribution in [0.4, 0.5) is 0 Å². The van der Waals surface area contributed by atoms with E-state index < -0.39 is 0 Å². The van der Waals surface area contributed by atoms with E-state index in [9.17, 15) is 0 Å². The molecule has 0 radical (unpaired) electrons. The van der Waals surface area contributed by atoms with Crippen LogP contribution in [0.3, 0.4) is 0 Å². The quantitative estimate of drug-likeness (QED) is 0.547. The van der Waals surface area contributed by atoms with Crippen LogP contribution in [0.5, 0.6) is 0 Å². The van der Waals surface area contributed by atoms with E-state index in [0.29, 0.717) is 6.42 Å². The smallest absolute Gasteiger partial charge is 0.0899 e. The second kappa shape index (κ2) is 11.7. The second-order valence-corrected chi connectivity index (χ2v) is 1.93. The minimum absolute atomic E-state index is 0.310. The van der Waals surface area contributed by atoms with Crippen molar-refractivity contribution in [2.45, 2.75) is 19.4 Å². The Balaban J connectivity index is 0. The Morgan fingerprint density at radius 1 is 1.55 bits per heavy atom. The summed E-state index contributed by atoms with van der Waals surface area (Å²) in [5, 5.41) is 18.5. The Morgan fingerprint density at radius 3 is 2.09 bits per heavy atom. The average molecular weight is 154 g/mol. The Morgan fingerprint density at radius 2 is 2.00 bits per heavy atom. The molecule has 0 aliphatic carbocycles. The van der Waals surface area contributed by atoms with Crippen LogP contribution in [0.15, 0.2) is 0 Å². The van der Waals surface area contributed by atoms with Gasteiger partial charge in [0.2, 0.25) is 0 Å². The third kappa shape index (κ3) is 27.9. The fraction of sp³-hybridized carbons (Fsp3) is 0.714. The zero-order valence-corrected chi connectivity index (χ0v) is 6.96. The van der Waals surface area contributed by atoms with Crippen molar-refractivity contribution < 1.29 is 0 Å². The van der Waals surface area contributed by atoms with Gasteiger partial charge >= 0.3 is 0 Å². The minimum atomic E-state index is -0.310. The van der Waals surface area contributed by atoms with Crippen LogP contribution in [0.1, 0.15) is 13.3 Å². The highest BCUT2D eigenvalue weighted by Crippen LogP contribution is 1.63. The van der Waals surface area contributed by atoms with E-state index in [1.165, 1.54) is 0 Å². The van der Waals surface area contributed by atoms with E-state index in [2.05, 4.69) is 5.32 Å². The van der Waals surface area contributed by atoms with Crippen molar-refractivity contribution in [2.24, 2.45) is 5.73 Å². The molecule has 0 aromatic rings. The summed E-state index contributed by atoms with van der Waals surface area (Å²) in [6.45, 7) is 2.44. The first-order chi connectivity index (χ1) is 5.18. The van der Waals surface area contributed by atoms with Gasteiger partial charge in [0, 0.05) is 13.0 Å². The summed E-state index contributed by atoms with van der Waals surface area (Å²) in [4.78, 5) is 0. The fourth-order valence-corrected chi connectivity index (χ4v) is 0.181. The van der Waals surface area contributed by atoms with Crippen molar-refractivity contribution in [3.8, 4) is 12.1 Å². The molecule has 11 heavy (non-hydrogen) atoms. The van der Waals surface area contributed by atoms with Crippen molar-refractivity contribution in [3.63, 3.8) is 0 Å². The van der Waals surface area contributed by atoms with Gasteiger partial charge in [0.05, 0.1) is 18.2 Å². The molecule has 1 unspecified atom stereocenters. The van der Waals surface area contributed by atoms with Crippen molar-refractivity contribution in [3.05, 3.63) is 0 Å². The van der Waals surface area contributed by atoms with Crippen molar-refractivity contribution in [1.29, 1.82) is 10.5 Å². The van der Waals surface area contributed by atoms with Crippen molar-refractivity contribution >= 4 is 0 Å². The minimum Gasteiger partial charge on any atom is -0.319 e. The van der Waals surface area contributed by atoms with E-state index in [1.807, 2.05) is 13.1 Å². The highest BCUT2D eigenvalue weighted by molar-refractivity contribution is 4.80. The topological polar surface area (TPSA) is 85.6 Å². The maximum absolute atomic E-state index is 7.91. The number of hydrogen-bond donors (Lipinski definition) is 2. The molecule has 0 amide bonds. The van der Waals surface area contributed by atoms with Crippen molar-refractivity contribution in [1.82, 2.24) is 5.32 Å². The van der Waals surface area contributed by atoms with Crippen LogP contribution in [0.25, 0.3) is 0 Å². The van der Waals surface area contributed by atoms with Gasteiger partial charge in [0.15, 0.2) is 0 Å². The molecule has 0 saturated heterocycles. The molecule has 0 heterocycles. The molecule has 4 heteroatoms. The molecule has 62 valence electrons. The van der Waals surface area contributed by atoms with E-state index >= 15 is 0 Å². The monoisotopic (exact) mass is 154 g/mol. The van der Waals surface area contributed by atoms with E-state index in [1.54, 1.807) is 13.0 Å². The molecule has 0 fully saturated rings. The Hall–Kier alpha value is -1.10. The summed E-state index contributed by atoms with van der Waals surface area (Å²) in [7, 11) is 1.83. The molecule has 0 aromatic heterocycles. The summed E-state index contributed by atoms with van der Waals surface area (Å²) in [5.41, 5.74) is 4.93. The van der Waals surface area contributed by atoms with Gasteiger partial charge in [0.1, 0.15) is 0 Å². The van der Waals surface area contributed by atoms with Gasteiger partial charge in [-0.15, -0.1) is 0 Å². The van der Waals surface area contributed by atoms with Crippen molar-refractivity contribution in [2.75, 3.05) is 13.6 Å². The molecule has 0 aromatic carbocycles. The molecular weight excluding hydrogens is 140 g/mol. The zero-order valence-electron chi connectivity index (χ0n) is 6.96. The molecule has 1 atom stereocenters. The van der Waals surface area contributed by atoms with Gasteiger partial charge < -0.3 is 11.1 Å². The maximum Gasteiger partial charge on any atom is 0.0899 e. The van der Waals surface area contributed by atoms with Crippen LogP contribution in [0.2, 0.25) is 0 Å². The summed E-state index contributed by atoms with van der Waals surface area (Å²) in [5.74, 6) is 0. The van der Waals surface area contributed by atoms with Crippen LogP contribution in [-0.4, -0.2) is 19.6 Å². The van der Waals surface area contributed by atoms with Crippen LogP contribution < -0.4 is 11.1 Å². The zero-order chi connectivity index (χ0) is 9.11. The average Bonchev–Trinajstić information content (AvgIpc) is 2.02. The third-order valence-corrected chi connectivity index (χ3v) is 0.690. The molecule has 0 aliphatic rings. The SMILES string of the molecule is CC(N)C#N.CNCCC#N. The summed E-state index contributed by atoms with van der Waals surface area (Å²) >= 11 is 0. The number of nitriles is 2. The Bertz CT molecular complexity index is 140. The largest absolute Gasteiger partial charge is 0.319 e. The maximum atomic E-state index is 7.91. The lowest BCUT2D eigenvalue weighted by molar-refractivity contribution is 0.813. The van der Waals surface area contributed by atoms with Gasteiger partial charge in [-0.05, 0) is 14.0 Å². The lowest BCUT2D eigenvalue weighted by atomic mass is 10.4. The van der Waals surface area contributed by atoms with E-state index in [0.717, 1.165) is 6.54 Å². The number of nitrogens with two attached hydrogens (primary N) is 1. The standard InChI is InChI=1S/C4H8N2.C3H6N2/c1-6-4-2-3-5;1-3(5)2-4/h6H,2,4H2,1H3;3H,5H2,1H3. The molecule has 0 spiro atoms. The Labute approximate surface area is 67.6 Å². The van der Waals surface area contributed by atoms with Crippen LogP contribution in [0, 0.1) is 22.7 Å². The highest BCUT2D eigenvalue weighted by atomic mass is 14.8. The predicted octanol–water partition coefficient (Wildman–Crippen LogP) is -0.0233. The first-order valence-corrected chi connectivity index (χ1v) is 3.35. The van der Waals surface area contributed by atoms with Gasteiger partial charge in [-0.3, -0.25) is 0 Å². The van der Waals surface area contributed by atoms with Crippen LogP contribution >= 0.6 is 0 Å². The first kappa shape index (κ1) is 12.6. The fourth-order valence-electron chi connectivity index (χ4n) is 0.181. The Kier molecular flexibility index (Phi) is 13.3. The van der Waals surface area contributed by atoms with Gasteiger partial charge in [-0.1, -0.05) is 0 Å². The molecule has 0 aliphatic heterocycles. The number of nitrogens with one attached hydrogen (secondary N) is 1. The normalized spacial score (nSPS) is 9.91. The molecule has 3 N–H and O–H groups in total. The summed E-state index contributed by atoms with van der Waals surface area (Å²) in [6.07, 6.45) is 0.608. The van der Waals surface area contributed by atoms with Gasteiger partial charge in [-0.25, -0.2) is 0 Å². The van der Waals surface area contributed by atoms with Gasteiger partial charge in [0.25, 0.3) is 0 Å².